The molecule has 2 aliphatic heterocycles. The van der Waals surface area contributed by atoms with Gasteiger partial charge in [0.25, 0.3) is 0 Å². The van der Waals surface area contributed by atoms with Crippen molar-refractivity contribution in [1.82, 2.24) is 9.21 Å². The number of aliphatic carboxylic acids is 1. The van der Waals surface area contributed by atoms with Gasteiger partial charge >= 0.3 is 12.1 Å². The molecule has 0 aliphatic carbocycles. The van der Waals surface area contributed by atoms with E-state index >= 15 is 0 Å². The van der Waals surface area contributed by atoms with Gasteiger partial charge in [0.15, 0.2) is 0 Å². The largest absolute Gasteiger partial charge is 0.490 e. The second kappa shape index (κ2) is 9.63. The van der Waals surface area contributed by atoms with Crippen LogP contribution >= 0.6 is 0 Å². The Labute approximate surface area is 174 Å². The number of sulfonamides is 1. The van der Waals surface area contributed by atoms with Gasteiger partial charge in [-0.25, -0.2) is 13.2 Å². The van der Waals surface area contributed by atoms with Gasteiger partial charge in [0.05, 0.1) is 19.0 Å². The predicted molar refractivity (Wildman–Crippen MR) is 104 cm³/mol. The van der Waals surface area contributed by atoms with Crippen LogP contribution in [-0.4, -0.2) is 81.3 Å². The van der Waals surface area contributed by atoms with Crippen LogP contribution in [0.4, 0.5) is 13.2 Å². The number of alkyl halides is 3. The molecule has 2 aliphatic rings. The normalized spacial score (nSPS) is 23.6. The van der Waals surface area contributed by atoms with Crippen molar-refractivity contribution in [3.8, 4) is 0 Å². The number of halogens is 3. The summed E-state index contributed by atoms with van der Waals surface area (Å²) in [6.45, 7) is 6.10. The molecule has 1 spiro atoms. The number of ether oxygens (including phenoxy) is 1. The third-order valence-electron chi connectivity index (χ3n) is 5.14. The Morgan fingerprint density at radius 3 is 2.30 bits per heavy atom. The van der Waals surface area contributed by atoms with Crippen LogP contribution in [0.2, 0.25) is 0 Å². The molecule has 3 rings (SSSR count). The maximum atomic E-state index is 12.9. The van der Waals surface area contributed by atoms with E-state index in [-0.39, 0.29) is 11.2 Å². The van der Waals surface area contributed by atoms with Crippen LogP contribution in [0.3, 0.4) is 0 Å². The smallest absolute Gasteiger partial charge is 0.475 e. The van der Waals surface area contributed by atoms with Gasteiger partial charge in [0.2, 0.25) is 10.0 Å². The number of carboxylic acids is 1. The molecule has 1 aromatic carbocycles. The number of nitrogens with zero attached hydrogens (tertiary/aromatic N) is 2. The quantitative estimate of drug-likeness (QED) is 0.756. The van der Waals surface area contributed by atoms with Crippen LogP contribution in [0.15, 0.2) is 24.3 Å². The summed E-state index contributed by atoms with van der Waals surface area (Å²) in [6, 6.07) is 7.73. The average molecular weight is 452 g/mol. The number of carboxylic acid groups (broad SMARTS) is 1. The number of carbonyl (C=O) groups is 1. The number of benzene rings is 1. The summed E-state index contributed by atoms with van der Waals surface area (Å²) in [5.41, 5.74) is 1.94. The first-order chi connectivity index (χ1) is 13.8. The molecule has 1 aromatic rings. The zero-order chi connectivity index (χ0) is 22.6. The molecule has 11 heteroatoms. The molecule has 1 atom stereocenters. The summed E-state index contributed by atoms with van der Waals surface area (Å²) in [5, 5.41) is 7.12. The van der Waals surface area contributed by atoms with Crippen LogP contribution in [0.1, 0.15) is 17.5 Å². The monoisotopic (exact) mass is 452 g/mol. The molecule has 0 saturated carbocycles. The maximum absolute atomic E-state index is 12.9. The lowest BCUT2D eigenvalue weighted by molar-refractivity contribution is -0.192. The second-order valence-corrected chi connectivity index (χ2v) is 9.89. The first-order valence-corrected chi connectivity index (χ1v) is 11.0. The lowest BCUT2D eigenvalue weighted by atomic mass is 9.88. The highest BCUT2D eigenvalue weighted by Gasteiger charge is 2.42. The van der Waals surface area contributed by atoms with Crippen LogP contribution in [0.5, 0.6) is 0 Å². The van der Waals surface area contributed by atoms with E-state index in [2.05, 4.69) is 11.9 Å². The molecule has 170 valence electrons. The highest BCUT2D eigenvalue weighted by atomic mass is 32.2. The van der Waals surface area contributed by atoms with Gasteiger partial charge in [0, 0.05) is 25.0 Å². The third kappa shape index (κ3) is 6.93. The summed E-state index contributed by atoms with van der Waals surface area (Å²) >= 11 is 0. The summed E-state index contributed by atoms with van der Waals surface area (Å²) < 4.78 is 64.9. The Morgan fingerprint density at radius 1 is 1.20 bits per heavy atom. The van der Waals surface area contributed by atoms with Crippen molar-refractivity contribution in [3.63, 3.8) is 0 Å². The Hall–Kier alpha value is -1.69. The minimum atomic E-state index is -5.08. The van der Waals surface area contributed by atoms with E-state index in [0.29, 0.717) is 26.3 Å². The van der Waals surface area contributed by atoms with Crippen molar-refractivity contribution in [2.75, 3.05) is 46.4 Å². The van der Waals surface area contributed by atoms with Gasteiger partial charge in [-0.1, -0.05) is 29.8 Å². The Kier molecular flexibility index (Phi) is 7.89. The standard InChI is InChI=1S/C17H26N2O3S.C2HF3O2/c1-15-3-5-16(6-4-15)11-23(20,21)19-9-10-22-14-17(13-19)7-8-18(2)12-17;3-2(4,5)1(6)7/h3-6H,7-14H2,1-2H3;(H,6,7). The summed E-state index contributed by atoms with van der Waals surface area (Å²) in [7, 11) is -1.23. The van der Waals surface area contributed by atoms with E-state index in [1.54, 1.807) is 4.31 Å². The molecular formula is C19H27F3N2O5S. The topological polar surface area (TPSA) is 87.2 Å². The molecule has 7 nitrogen and oxygen atoms in total. The van der Waals surface area contributed by atoms with Crippen molar-refractivity contribution in [3.05, 3.63) is 35.4 Å². The molecule has 0 radical (unpaired) electrons. The molecule has 2 heterocycles. The number of hydrogen-bond acceptors (Lipinski definition) is 5. The van der Waals surface area contributed by atoms with E-state index in [0.717, 1.165) is 30.6 Å². The molecule has 0 aromatic heterocycles. The zero-order valence-corrected chi connectivity index (χ0v) is 17.8. The van der Waals surface area contributed by atoms with Crippen LogP contribution < -0.4 is 0 Å². The van der Waals surface area contributed by atoms with E-state index in [1.165, 1.54) is 0 Å². The SMILES string of the molecule is Cc1ccc(CS(=O)(=O)N2CCOCC3(CCN(C)C3)C2)cc1.O=C(O)C(F)(F)F. The van der Waals surface area contributed by atoms with Crippen LogP contribution in [0, 0.1) is 12.3 Å². The minimum absolute atomic E-state index is 0.0500. The molecule has 1 unspecified atom stereocenters. The molecule has 2 saturated heterocycles. The fraction of sp³-hybridized carbons (Fsp3) is 0.632. The molecule has 0 bridgehead atoms. The Balaban J connectivity index is 0.000000396. The maximum Gasteiger partial charge on any atom is 0.490 e. The minimum Gasteiger partial charge on any atom is -0.475 e. The van der Waals surface area contributed by atoms with E-state index < -0.39 is 22.2 Å². The number of likely N-dealkylation sites (tertiary alicyclic amines) is 1. The van der Waals surface area contributed by atoms with Crippen molar-refractivity contribution < 1.29 is 36.2 Å². The predicted octanol–water partition coefficient (Wildman–Crippen LogP) is 2.11. The van der Waals surface area contributed by atoms with Crippen LogP contribution in [0.25, 0.3) is 0 Å². The lowest BCUT2D eigenvalue weighted by Crippen LogP contribution is -2.43. The van der Waals surface area contributed by atoms with E-state index in [4.69, 9.17) is 14.6 Å². The summed E-state index contributed by atoms with van der Waals surface area (Å²) in [5.74, 6) is -2.69. The first-order valence-electron chi connectivity index (χ1n) is 9.43. The summed E-state index contributed by atoms with van der Waals surface area (Å²) in [6.07, 6.45) is -4.08. The van der Waals surface area contributed by atoms with Crippen molar-refractivity contribution in [2.24, 2.45) is 5.41 Å². The molecule has 2 fully saturated rings. The first kappa shape index (κ1) is 24.6. The molecule has 30 heavy (non-hydrogen) atoms. The lowest BCUT2D eigenvalue weighted by Gasteiger charge is -2.31. The number of rotatable bonds is 3. The van der Waals surface area contributed by atoms with Crippen molar-refractivity contribution >= 4 is 16.0 Å². The Bertz CT molecular complexity index is 830. The highest BCUT2D eigenvalue weighted by Crippen LogP contribution is 2.33. The van der Waals surface area contributed by atoms with Gasteiger partial charge in [-0.2, -0.15) is 17.5 Å². The average Bonchev–Trinajstić information content (AvgIpc) is 2.85. The number of hydrogen-bond donors (Lipinski definition) is 1. The highest BCUT2D eigenvalue weighted by molar-refractivity contribution is 7.88. The summed E-state index contributed by atoms with van der Waals surface area (Å²) in [4.78, 5) is 11.2. The zero-order valence-electron chi connectivity index (χ0n) is 17.0. The fourth-order valence-corrected chi connectivity index (χ4v) is 5.20. The van der Waals surface area contributed by atoms with Gasteiger partial charge < -0.3 is 14.7 Å². The van der Waals surface area contributed by atoms with Crippen molar-refractivity contribution in [1.29, 1.82) is 0 Å². The van der Waals surface area contributed by atoms with Gasteiger partial charge in [-0.05, 0) is 32.5 Å². The number of aryl methyl sites for hydroxylation is 1. The van der Waals surface area contributed by atoms with Gasteiger partial charge in [-0.15, -0.1) is 0 Å². The fourth-order valence-electron chi connectivity index (χ4n) is 3.58. The van der Waals surface area contributed by atoms with Crippen LogP contribution in [-0.2, 0) is 25.3 Å². The van der Waals surface area contributed by atoms with E-state index in [9.17, 15) is 21.6 Å². The third-order valence-corrected chi connectivity index (χ3v) is 6.94. The van der Waals surface area contributed by atoms with Crippen molar-refractivity contribution in [2.45, 2.75) is 25.3 Å². The van der Waals surface area contributed by atoms with Gasteiger partial charge in [0.1, 0.15) is 0 Å². The molecule has 0 amide bonds. The second-order valence-electron chi connectivity index (χ2n) is 7.92. The molecule has 1 N–H and O–H groups in total. The van der Waals surface area contributed by atoms with Gasteiger partial charge in [-0.3, -0.25) is 0 Å². The Morgan fingerprint density at radius 2 is 1.80 bits per heavy atom. The van der Waals surface area contributed by atoms with E-state index in [1.807, 2.05) is 31.2 Å². The molecular weight excluding hydrogens is 425 g/mol.